The molecule has 2 aliphatic rings. The minimum atomic E-state index is -5.63. The summed E-state index contributed by atoms with van der Waals surface area (Å²) in [5.74, 6) is 0. The SMILES string of the molecule is O=S(=O)(ON1C=CN2CCC(S)C21)C(F)(F)F. The van der Waals surface area contributed by atoms with Gasteiger partial charge in [0.1, 0.15) is 6.17 Å². The molecule has 1 saturated heterocycles. The summed E-state index contributed by atoms with van der Waals surface area (Å²) in [4.78, 5) is 1.67. The van der Waals surface area contributed by atoms with Gasteiger partial charge in [0.05, 0.1) is 0 Å². The van der Waals surface area contributed by atoms with E-state index in [2.05, 4.69) is 16.9 Å². The molecule has 1 fully saturated rings. The number of hydroxylamine groups is 2. The number of nitrogens with zero attached hydrogens (tertiary/aromatic N) is 2. The van der Waals surface area contributed by atoms with Gasteiger partial charge in [-0.15, -0.1) is 4.28 Å². The maximum Gasteiger partial charge on any atom is 0.525 e. The Morgan fingerprint density at radius 1 is 1.35 bits per heavy atom. The lowest BCUT2D eigenvalue weighted by Crippen LogP contribution is -2.42. The van der Waals surface area contributed by atoms with Crippen molar-refractivity contribution in [1.29, 1.82) is 0 Å². The van der Waals surface area contributed by atoms with E-state index in [0.29, 0.717) is 18.0 Å². The molecule has 2 atom stereocenters. The number of rotatable bonds is 2. The van der Waals surface area contributed by atoms with E-state index in [4.69, 9.17) is 0 Å². The van der Waals surface area contributed by atoms with E-state index in [1.165, 1.54) is 6.20 Å². The van der Waals surface area contributed by atoms with E-state index in [9.17, 15) is 21.6 Å². The highest BCUT2D eigenvalue weighted by molar-refractivity contribution is 7.87. The van der Waals surface area contributed by atoms with Gasteiger partial charge < -0.3 is 4.90 Å². The summed E-state index contributed by atoms with van der Waals surface area (Å²) in [7, 11) is -5.63. The van der Waals surface area contributed by atoms with Crippen LogP contribution < -0.4 is 0 Å². The molecule has 0 N–H and O–H groups in total. The Morgan fingerprint density at radius 3 is 2.59 bits per heavy atom. The monoisotopic (exact) mass is 290 g/mol. The Bertz CT molecular complexity index is 436. The lowest BCUT2D eigenvalue weighted by atomic mass is 10.3. The molecular weight excluding hydrogens is 281 g/mol. The van der Waals surface area contributed by atoms with Gasteiger partial charge in [-0.1, -0.05) is 0 Å². The Labute approximate surface area is 101 Å². The highest BCUT2D eigenvalue weighted by Crippen LogP contribution is 2.33. The van der Waals surface area contributed by atoms with Crippen LogP contribution in [0.1, 0.15) is 6.42 Å². The van der Waals surface area contributed by atoms with Gasteiger partial charge >= 0.3 is 15.6 Å². The van der Waals surface area contributed by atoms with Crippen molar-refractivity contribution in [3.8, 4) is 0 Å². The van der Waals surface area contributed by atoms with Crippen molar-refractivity contribution in [3.63, 3.8) is 0 Å². The first-order chi connectivity index (χ1) is 7.72. The van der Waals surface area contributed by atoms with E-state index in [0.717, 1.165) is 6.20 Å². The molecule has 0 spiro atoms. The predicted octanol–water partition coefficient (Wildman–Crippen LogP) is 0.885. The summed E-state index contributed by atoms with van der Waals surface area (Å²) in [6.45, 7) is 0.598. The standard InChI is InChI=1S/C7H9F3N2O3S2/c8-7(9,10)17(13,14)15-12-4-3-11-2-1-5(16)6(11)12/h3-6,16H,1-2H2. The Hall–Kier alpha value is -0.610. The zero-order valence-corrected chi connectivity index (χ0v) is 10.0. The smallest absolute Gasteiger partial charge is 0.353 e. The minimum absolute atomic E-state index is 0.270. The van der Waals surface area contributed by atoms with Gasteiger partial charge in [0.25, 0.3) is 0 Å². The second-order valence-electron chi connectivity index (χ2n) is 3.64. The second-order valence-corrected chi connectivity index (χ2v) is 5.82. The zero-order chi connectivity index (χ0) is 12.8. The molecule has 2 unspecified atom stereocenters. The fourth-order valence-electron chi connectivity index (χ4n) is 1.73. The largest absolute Gasteiger partial charge is 0.525 e. The summed E-state index contributed by atoms with van der Waals surface area (Å²) in [6.07, 6.45) is 2.66. The van der Waals surface area contributed by atoms with Crippen molar-refractivity contribution in [3.05, 3.63) is 12.4 Å². The van der Waals surface area contributed by atoms with Crippen LogP contribution in [0.2, 0.25) is 0 Å². The second kappa shape index (κ2) is 3.95. The average molecular weight is 290 g/mol. The van der Waals surface area contributed by atoms with Crippen molar-refractivity contribution < 1.29 is 25.9 Å². The van der Waals surface area contributed by atoms with Crippen molar-refractivity contribution >= 4 is 22.7 Å². The maximum absolute atomic E-state index is 12.1. The number of alkyl halides is 3. The number of hydrogen-bond donors (Lipinski definition) is 1. The fraction of sp³-hybridized carbons (Fsp3) is 0.714. The van der Waals surface area contributed by atoms with Crippen molar-refractivity contribution in [2.75, 3.05) is 6.54 Å². The van der Waals surface area contributed by atoms with Crippen molar-refractivity contribution in [2.45, 2.75) is 23.3 Å². The molecule has 17 heavy (non-hydrogen) atoms. The minimum Gasteiger partial charge on any atom is -0.353 e. The highest BCUT2D eigenvalue weighted by atomic mass is 32.2. The molecule has 0 amide bonds. The van der Waals surface area contributed by atoms with Gasteiger partial charge in [-0.25, -0.2) is 5.06 Å². The Morgan fingerprint density at radius 2 is 2.00 bits per heavy atom. The van der Waals surface area contributed by atoms with Gasteiger partial charge in [0, 0.05) is 24.2 Å². The van der Waals surface area contributed by atoms with Crippen LogP contribution in [0.5, 0.6) is 0 Å². The van der Waals surface area contributed by atoms with Gasteiger partial charge in [-0.3, -0.25) is 0 Å². The van der Waals surface area contributed by atoms with E-state index in [1.54, 1.807) is 4.90 Å². The Kier molecular flexibility index (Phi) is 2.99. The lowest BCUT2D eigenvalue weighted by molar-refractivity contribution is -0.101. The quantitative estimate of drug-likeness (QED) is 0.604. The third-order valence-corrected chi connectivity index (χ3v) is 3.96. The van der Waals surface area contributed by atoms with Gasteiger partial charge in [0.15, 0.2) is 0 Å². The molecule has 0 aliphatic carbocycles. The summed E-state index contributed by atoms with van der Waals surface area (Å²) >= 11 is 4.17. The molecule has 0 saturated carbocycles. The maximum atomic E-state index is 12.1. The molecule has 0 aromatic rings. The molecule has 98 valence electrons. The van der Waals surface area contributed by atoms with E-state index < -0.39 is 21.8 Å². The van der Waals surface area contributed by atoms with Crippen LogP contribution in [0.25, 0.3) is 0 Å². The molecule has 2 aliphatic heterocycles. The first kappa shape index (κ1) is 12.8. The van der Waals surface area contributed by atoms with Gasteiger partial charge in [-0.2, -0.15) is 34.2 Å². The normalized spacial score (nSPS) is 28.9. The van der Waals surface area contributed by atoms with Crippen molar-refractivity contribution in [2.24, 2.45) is 0 Å². The summed E-state index contributed by atoms with van der Waals surface area (Å²) in [5.41, 5.74) is -5.43. The third kappa shape index (κ3) is 2.20. The molecule has 5 nitrogen and oxygen atoms in total. The van der Waals surface area contributed by atoms with Crippen LogP contribution >= 0.6 is 12.6 Å². The zero-order valence-electron chi connectivity index (χ0n) is 8.33. The average Bonchev–Trinajstić information content (AvgIpc) is 2.69. The molecule has 0 aromatic heterocycles. The number of thiol groups is 1. The van der Waals surface area contributed by atoms with Gasteiger partial charge in [0.2, 0.25) is 0 Å². The highest BCUT2D eigenvalue weighted by Gasteiger charge is 2.51. The third-order valence-electron chi connectivity index (χ3n) is 2.50. The van der Waals surface area contributed by atoms with Crippen LogP contribution in [-0.2, 0) is 14.4 Å². The first-order valence-electron chi connectivity index (χ1n) is 4.64. The number of hydrogen-bond acceptors (Lipinski definition) is 6. The molecule has 10 heteroatoms. The van der Waals surface area contributed by atoms with E-state index in [1.807, 2.05) is 0 Å². The lowest BCUT2D eigenvalue weighted by Gasteiger charge is -2.27. The molecule has 0 bridgehead atoms. The number of fused-ring (bicyclic) bond motifs is 1. The van der Waals surface area contributed by atoms with Crippen LogP contribution in [0.15, 0.2) is 12.4 Å². The summed E-state index contributed by atoms with van der Waals surface area (Å²) in [6, 6.07) is 0. The molecule has 2 heterocycles. The van der Waals surface area contributed by atoms with Crippen LogP contribution in [0, 0.1) is 0 Å². The Balaban J connectivity index is 2.14. The number of halogens is 3. The molecular formula is C7H9F3N2O3S2. The summed E-state index contributed by atoms with van der Waals surface area (Å²) in [5, 5.41) is 0.404. The molecule has 0 aromatic carbocycles. The van der Waals surface area contributed by atoms with Crippen LogP contribution in [0.3, 0.4) is 0 Å². The van der Waals surface area contributed by atoms with Crippen LogP contribution in [0.4, 0.5) is 13.2 Å². The predicted molar refractivity (Wildman–Crippen MR) is 54.9 cm³/mol. The topological polar surface area (TPSA) is 49.9 Å². The molecule has 2 rings (SSSR count). The first-order valence-corrected chi connectivity index (χ1v) is 6.56. The van der Waals surface area contributed by atoms with Crippen LogP contribution in [-0.4, -0.2) is 41.8 Å². The van der Waals surface area contributed by atoms with Crippen molar-refractivity contribution in [1.82, 2.24) is 9.96 Å². The van der Waals surface area contributed by atoms with E-state index in [-0.39, 0.29) is 5.25 Å². The summed E-state index contributed by atoms with van der Waals surface area (Å²) < 4.78 is 62.1. The van der Waals surface area contributed by atoms with Gasteiger partial charge in [-0.05, 0) is 6.42 Å². The molecule has 0 radical (unpaired) electrons. The fourth-order valence-corrected chi connectivity index (χ4v) is 2.59. The van der Waals surface area contributed by atoms with E-state index >= 15 is 0 Å².